The van der Waals surface area contributed by atoms with Gasteiger partial charge < -0.3 is 15.4 Å². The summed E-state index contributed by atoms with van der Waals surface area (Å²) in [4.78, 5) is 65.2. The third-order valence-electron chi connectivity index (χ3n) is 10.5. The number of ether oxygens (including phenoxy) is 1. The zero-order valence-electron chi connectivity index (χ0n) is 34.5. The molecular weight excluding hydrogens is 828 g/mol. The number of aromatic nitrogens is 1. The van der Waals surface area contributed by atoms with Gasteiger partial charge in [0.1, 0.15) is 5.75 Å². The molecule has 0 bridgehead atoms. The van der Waals surface area contributed by atoms with Crippen molar-refractivity contribution in [2.75, 3.05) is 19.7 Å². The summed E-state index contributed by atoms with van der Waals surface area (Å²) in [6.07, 6.45) is 8.99. The predicted molar refractivity (Wildman–Crippen MR) is 234 cm³/mol. The number of aryl methyl sites for hydroxylation is 1. The number of nitrogens with zero attached hydrogens (tertiary/aromatic N) is 2. The zero-order chi connectivity index (χ0) is 42.5. The number of imide groups is 2. The van der Waals surface area contributed by atoms with Crippen LogP contribution in [-0.2, 0) is 45.3 Å². The molecule has 14 nitrogen and oxygen atoms in total. The van der Waals surface area contributed by atoms with E-state index in [0.717, 1.165) is 78.4 Å². The fraction of sp³-hybridized carbons (Fsp3) is 0.442. The first-order chi connectivity index (χ1) is 28.2. The lowest BCUT2D eigenvalue weighted by atomic mass is 9.87. The van der Waals surface area contributed by atoms with E-state index in [-0.39, 0.29) is 45.6 Å². The highest BCUT2D eigenvalue weighted by atomic mass is 35.5. The number of hydrogen-bond acceptors (Lipinski definition) is 10. The summed E-state index contributed by atoms with van der Waals surface area (Å²) in [6.45, 7) is 9.20. The maximum atomic E-state index is 12.5. The van der Waals surface area contributed by atoms with E-state index >= 15 is 0 Å². The molecule has 3 aliphatic rings. The molecule has 1 saturated carbocycles. The Kier molecular flexibility index (Phi) is 18.0. The summed E-state index contributed by atoms with van der Waals surface area (Å²) in [5, 5.41) is 7.19. The summed E-state index contributed by atoms with van der Waals surface area (Å²) < 4.78 is 32.9. The highest BCUT2D eigenvalue weighted by molar-refractivity contribution is 8.15. The van der Waals surface area contributed by atoms with Crippen LogP contribution in [0.25, 0.3) is 0 Å². The zero-order valence-corrected chi connectivity index (χ0v) is 36.9. The lowest BCUT2D eigenvalue weighted by molar-refractivity contribution is -0.123. The molecule has 1 atom stereocenters. The molecule has 0 spiro atoms. The van der Waals surface area contributed by atoms with E-state index in [0.29, 0.717) is 50.4 Å². The highest BCUT2D eigenvalue weighted by Gasteiger charge is 2.32. The summed E-state index contributed by atoms with van der Waals surface area (Å²) in [6, 6.07) is 16.8. The van der Waals surface area contributed by atoms with Gasteiger partial charge in [0.15, 0.2) is 0 Å². The van der Waals surface area contributed by atoms with Crippen LogP contribution in [0.2, 0.25) is 0 Å². The minimum absolute atomic E-state index is 0. The monoisotopic (exact) mass is 882 g/mol. The fourth-order valence-corrected chi connectivity index (χ4v) is 8.74. The number of nitrogens with one attached hydrogen (secondary N) is 4. The number of halogens is 1. The molecule has 1 saturated heterocycles. The summed E-state index contributed by atoms with van der Waals surface area (Å²) >= 11 is 1.05. The third-order valence-corrected chi connectivity index (χ3v) is 12.9. The van der Waals surface area contributed by atoms with Crippen LogP contribution in [0.4, 0.5) is 14.4 Å². The van der Waals surface area contributed by atoms with Crippen LogP contribution in [0.5, 0.6) is 5.75 Å². The Morgan fingerprint density at radius 1 is 0.900 bits per heavy atom. The van der Waals surface area contributed by atoms with Crippen LogP contribution in [0.15, 0.2) is 82.9 Å². The van der Waals surface area contributed by atoms with Gasteiger partial charge in [0.25, 0.3) is 21.2 Å². The van der Waals surface area contributed by atoms with Crippen molar-refractivity contribution in [1.29, 1.82) is 0 Å². The average Bonchev–Trinajstić information content (AvgIpc) is 3.70. The number of benzene rings is 2. The Morgan fingerprint density at radius 2 is 1.57 bits per heavy atom. The van der Waals surface area contributed by atoms with Crippen LogP contribution in [-0.4, -0.2) is 78.4 Å². The number of hydrogen-bond donors (Lipinski definition) is 4. The van der Waals surface area contributed by atoms with Crippen molar-refractivity contribution < 1.29 is 37.1 Å². The second-order valence-electron chi connectivity index (χ2n) is 15.0. The Balaban J connectivity index is 0.000000272. The molecule has 2 aliphatic heterocycles. The van der Waals surface area contributed by atoms with Gasteiger partial charge in [-0.15, -0.1) is 12.4 Å². The minimum atomic E-state index is -3.98. The maximum absolute atomic E-state index is 12.5. The number of thioether (sulfide) groups is 1. The van der Waals surface area contributed by atoms with Crippen molar-refractivity contribution >= 4 is 63.3 Å². The van der Waals surface area contributed by atoms with E-state index in [1.807, 2.05) is 50.4 Å². The van der Waals surface area contributed by atoms with Crippen LogP contribution >= 0.6 is 24.2 Å². The van der Waals surface area contributed by atoms with E-state index in [4.69, 9.17) is 4.74 Å². The SMILES string of the molecule is CCC1=C(C)CN(C(=O)NCCc2ccc(S(=O)(=O)NC(=O)NC3CCC(C)CC3)cc2)C1=O.CCc1ccc(CCOc2ccc(CC3SC(=O)NC3=O)cc2)nc1.Cl. The normalized spacial score (nSPS) is 18.8. The van der Waals surface area contributed by atoms with Gasteiger partial charge in [0, 0.05) is 36.5 Å². The smallest absolute Gasteiger partial charge is 0.328 e. The van der Waals surface area contributed by atoms with E-state index in [9.17, 15) is 32.4 Å². The lowest BCUT2D eigenvalue weighted by Crippen LogP contribution is -2.45. The molecule has 3 heterocycles. The number of carbonyl (C=O) groups excluding carboxylic acids is 5. The van der Waals surface area contributed by atoms with Gasteiger partial charge in [-0.25, -0.2) is 22.7 Å². The van der Waals surface area contributed by atoms with Crippen molar-refractivity contribution in [1.82, 2.24) is 30.6 Å². The fourth-order valence-electron chi connectivity index (χ4n) is 6.96. The summed E-state index contributed by atoms with van der Waals surface area (Å²) in [5.74, 6) is 0.960. The quantitative estimate of drug-likeness (QED) is 0.136. The van der Waals surface area contributed by atoms with Gasteiger partial charge >= 0.3 is 12.1 Å². The molecule has 4 N–H and O–H groups in total. The van der Waals surface area contributed by atoms with E-state index in [2.05, 4.69) is 45.6 Å². The van der Waals surface area contributed by atoms with Crippen molar-refractivity contribution in [3.63, 3.8) is 0 Å². The molecule has 2 aromatic carbocycles. The Labute approximate surface area is 362 Å². The first-order valence-corrected chi connectivity index (χ1v) is 22.5. The van der Waals surface area contributed by atoms with Crippen molar-refractivity contribution in [3.05, 3.63) is 100 Å². The molecular formula is C43H55ClN6O8S2. The van der Waals surface area contributed by atoms with Gasteiger partial charge in [-0.05, 0) is 117 Å². The van der Waals surface area contributed by atoms with Gasteiger partial charge in [0.2, 0.25) is 5.91 Å². The molecule has 1 aromatic heterocycles. The van der Waals surface area contributed by atoms with E-state index in [1.54, 1.807) is 12.1 Å². The van der Waals surface area contributed by atoms with Crippen molar-refractivity contribution in [2.24, 2.45) is 5.92 Å². The Morgan fingerprint density at radius 3 is 2.15 bits per heavy atom. The van der Waals surface area contributed by atoms with E-state index < -0.39 is 22.1 Å². The third kappa shape index (κ3) is 13.8. The molecule has 3 aromatic rings. The lowest BCUT2D eigenvalue weighted by Gasteiger charge is -2.26. The van der Waals surface area contributed by atoms with Crippen LogP contribution in [0.1, 0.15) is 82.2 Å². The molecule has 17 heteroatoms. The van der Waals surface area contributed by atoms with Gasteiger partial charge in [-0.3, -0.25) is 29.6 Å². The van der Waals surface area contributed by atoms with E-state index in [1.165, 1.54) is 22.6 Å². The first kappa shape index (κ1) is 47.7. The number of carbonyl (C=O) groups is 5. The number of sulfonamides is 1. The summed E-state index contributed by atoms with van der Waals surface area (Å²) in [7, 11) is -3.98. The number of pyridine rings is 1. The average molecular weight is 884 g/mol. The second-order valence-corrected chi connectivity index (χ2v) is 17.9. The van der Waals surface area contributed by atoms with Crippen LogP contribution < -0.4 is 25.4 Å². The summed E-state index contributed by atoms with van der Waals surface area (Å²) in [5.41, 5.74) is 5.67. The van der Waals surface area contributed by atoms with Crippen molar-refractivity contribution in [3.8, 4) is 5.75 Å². The second kappa shape index (κ2) is 22.6. The van der Waals surface area contributed by atoms with Crippen LogP contribution in [0.3, 0.4) is 0 Å². The Hall–Kier alpha value is -4.93. The number of rotatable bonds is 14. The number of amides is 7. The maximum Gasteiger partial charge on any atom is 0.328 e. The largest absolute Gasteiger partial charge is 0.493 e. The standard InChI is InChI=1S/C24H34N4O5S.C19H20N2O3S.ClH/c1-4-21-17(3)15-28(22(21)29)24(31)25-14-13-18-7-11-20(12-8-18)34(32,33)27-23(30)26-19-9-5-16(2)6-10-19;1-2-13-3-6-15(20-12-13)9-10-24-16-7-4-14(5-8-16)11-17-18(22)21-19(23)25-17;/h7-8,11-12,16,19H,4-6,9-10,13-15H2,1-3H3,(H,25,31)(H2,26,27,30);3-8,12,17H,2,9-11H2,1H3,(H,21,22,23);1H. The molecule has 324 valence electrons. The molecule has 1 unspecified atom stereocenters. The first-order valence-electron chi connectivity index (χ1n) is 20.1. The Bertz CT molecular complexity index is 2110. The molecule has 60 heavy (non-hydrogen) atoms. The molecule has 1 aliphatic carbocycles. The number of urea groups is 2. The van der Waals surface area contributed by atoms with Crippen molar-refractivity contribution in [2.45, 2.75) is 102 Å². The molecule has 2 fully saturated rings. The highest BCUT2D eigenvalue weighted by Crippen LogP contribution is 2.25. The topological polar surface area (TPSA) is 193 Å². The predicted octanol–water partition coefficient (Wildman–Crippen LogP) is 6.66. The molecule has 7 amide bonds. The van der Waals surface area contributed by atoms with Crippen LogP contribution in [0, 0.1) is 5.92 Å². The van der Waals surface area contributed by atoms with Gasteiger partial charge in [-0.1, -0.05) is 62.9 Å². The molecule has 6 rings (SSSR count). The van der Waals surface area contributed by atoms with Gasteiger partial charge in [-0.2, -0.15) is 0 Å². The van der Waals surface area contributed by atoms with Gasteiger partial charge in [0.05, 0.1) is 23.3 Å². The molecule has 0 radical (unpaired) electrons. The minimum Gasteiger partial charge on any atom is -0.493 e.